The molecule has 1 atom stereocenters. The Balaban J connectivity index is 2.78. The molecule has 1 saturated heterocycles. The van der Waals surface area contributed by atoms with Gasteiger partial charge in [-0.25, -0.2) is 0 Å². The van der Waals surface area contributed by atoms with E-state index in [9.17, 15) is 20.2 Å². The van der Waals surface area contributed by atoms with Gasteiger partial charge in [0.1, 0.15) is 6.10 Å². The lowest BCUT2D eigenvalue weighted by atomic mass is 9.78. The highest BCUT2D eigenvalue weighted by Gasteiger charge is 2.46. The molecular weight excluding hydrogens is 272 g/mol. The summed E-state index contributed by atoms with van der Waals surface area (Å²) in [5, 5.41) is 33.7. The molecule has 21 heavy (non-hydrogen) atoms. The zero-order valence-corrected chi connectivity index (χ0v) is 14.0. The highest BCUT2D eigenvalue weighted by atomic mass is 16.5. The Morgan fingerprint density at radius 2 is 1.71 bits per heavy atom. The van der Waals surface area contributed by atoms with E-state index in [2.05, 4.69) is 5.32 Å². The van der Waals surface area contributed by atoms with Crippen molar-refractivity contribution in [1.29, 1.82) is 0 Å². The van der Waals surface area contributed by atoms with E-state index in [1.54, 1.807) is 13.8 Å². The van der Waals surface area contributed by atoms with E-state index in [1.807, 2.05) is 27.7 Å². The van der Waals surface area contributed by atoms with Crippen molar-refractivity contribution in [3.05, 3.63) is 0 Å². The van der Waals surface area contributed by atoms with E-state index in [0.29, 0.717) is 12.8 Å². The van der Waals surface area contributed by atoms with Gasteiger partial charge in [-0.05, 0) is 40.5 Å². The van der Waals surface area contributed by atoms with E-state index >= 15 is 0 Å². The van der Waals surface area contributed by atoms with Gasteiger partial charge in [-0.2, -0.15) is 5.06 Å². The molecule has 0 radical (unpaired) electrons. The molecule has 0 aromatic heterocycles. The van der Waals surface area contributed by atoms with Crippen LogP contribution in [-0.2, 0) is 4.79 Å². The SMILES string of the molecule is CC(C)(CO)C(O)C(=O)NC1CC(C)(C)N(O)C(C)(C)C1. The van der Waals surface area contributed by atoms with Crippen LogP contribution in [0.15, 0.2) is 0 Å². The molecule has 0 aromatic carbocycles. The van der Waals surface area contributed by atoms with Crippen molar-refractivity contribution >= 4 is 5.91 Å². The van der Waals surface area contributed by atoms with Gasteiger partial charge in [0.25, 0.3) is 0 Å². The van der Waals surface area contributed by atoms with Gasteiger partial charge >= 0.3 is 0 Å². The van der Waals surface area contributed by atoms with Gasteiger partial charge in [-0.3, -0.25) is 4.79 Å². The monoisotopic (exact) mass is 302 g/mol. The summed E-state index contributed by atoms with van der Waals surface area (Å²) in [5.74, 6) is -0.475. The lowest BCUT2D eigenvalue weighted by molar-refractivity contribution is -0.246. The average Bonchev–Trinajstić information content (AvgIpc) is 2.34. The lowest BCUT2D eigenvalue weighted by Crippen LogP contribution is -2.63. The summed E-state index contributed by atoms with van der Waals surface area (Å²) in [4.78, 5) is 12.2. The Hall–Kier alpha value is -0.690. The molecule has 1 aliphatic heterocycles. The molecule has 0 spiro atoms. The maximum Gasteiger partial charge on any atom is 0.249 e. The molecule has 6 nitrogen and oxygen atoms in total. The van der Waals surface area contributed by atoms with Crippen LogP contribution in [0.2, 0.25) is 0 Å². The number of amides is 1. The third-order valence-corrected chi connectivity index (χ3v) is 4.38. The summed E-state index contributed by atoms with van der Waals surface area (Å²) < 4.78 is 0. The Labute approximate surface area is 127 Å². The van der Waals surface area contributed by atoms with Gasteiger partial charge in [0.2, 0.25) is 5.91 Å². The molecule has 0 saturated carbocycles. The Bertz CT molecular complexity index is 375. The predicted octanol–water partition coefficient (Wildman–Crippen LogP) is 0.893. The standard InChI is InChI=1S/C15H30N2O4/c1-13(2,9-18)11(19)12(20)16-10-7-14(3,4)17(21)15(5,6)8-10/h10-11,18-19,21H,7-9H2,1-6H3,(H,16,20). The largest absolute Gasteiger partial charge is 0.396 e. The van der Waals surface area contributed by atoms with Crippen LogP contribution in [0.4, 0.5) is 0 Å². The number of piperidine rings is 1. The van der Waals surface area contributed by atoms with Crippen molar-refractivity contribution in [1.82, 2.24) is 10.4 Å². The van der Waals surface area contributed by atoms with Crippen molar-refractivity contribution in [2.45, 2.75) is 77.6 Å². The number of aliphatic hydroxyl groups excluding tert-OH is 2. The van der Waals surface area contributed by atoms with Crippen LogP contribution in [0.25, 0.3) is 0 Å². The third-order valence-electron chi connectivity index (χ3n) is 4.38. The van der Waals surface area contributed by atoms with Crippen LogP contribution >= 0.6 is 0 Å². The number of aliphatic hydroxyl groups is 2. The molecule has 1 unspecified atom stereocenters. The van der Waals surface area contributed by atoms with Crippen LogP contribution in [0.5, 0.6) is 0 Å². The molecule has 1 rings (SSSR count). The quantitative estimate of drug-likeness (QED) is 0.619. The van der Waals surface area contributed by atoms with Gasteiger partial charge in [0.05, 0.1) is 6.61 Å². The van der Waals surface area contributed by atoms with E-state index in [1.165, 1.54) is 5.06 Å². The Kier molecular flexibility index (Phi) is 5.10. The fourth-order valence-corrected chi connectivity index (χ4v) is 3.09. The number of hydrogen-bond acceptors (Lipinski definition) is 5. The Morgan fingerprint density at radius 3 is 2.10 bits per heavy atom. The van der Waals surface area contributed by atoms with Crippen molar-refractivity contribution < 1.29 is 20.2 Å². The minimum Gasteiger partial charge on any atom is -0.396 e. The highest BCUT2D eigenvalue weighted by molar-refractivity contribution is 5.81. The van der Waals surface area contributed by atoms with Crippen LogP contribution in [-0.4, -0.2) is 56.2 Å². The number of rotatable bonds is 4. The number of nitrogens with zero attached hydrogens (tertiary/aromatic N) is 1. The predicted molar refractivity (Wildman–Crippen MR) is 79.8 cm³/mol. The Morgan fingerprint density at radius 1 is 1.29 bits per heavy atom. The van der Waals surface area contributed by atoms with E-state index in [0.717, 1.165) is 0 Å². The van der Waals surface area contributed by atoms with E-state index in [-0.39, 0.29) is 12.6 Å². The van der Waals surface area contributed by atoms with Gasteiger partial charge in [0, 0.05) is 22.5 Å². The van der Waals surface area contributed by atoms with Gasteiger partial charge in [0.15, 0.2) is 0 Å². The van der Waals surface area contributed by atoms with Crippen LogP contribution in [0, 0.1) is 5.41 Å². The second kappa shape index (κ2) is 5.83. The maximum absolute atomic E-state index is 12.2. The number of hydroxylamine groups is 2. The van der Waals surface area contributed by atoms with Gasteiger partial charge in [-0.1, -0.05) is 13.8 Å². The number of hydrogen-bond donors (Lipinski definition) is 4. The average molecular weight is 302 g/mol. The number of carbonyl (C=O) groups excluding carboxylic acids is 1. The first kappa shape index (κ1) is 18.4. The van der Waals surface area contributed by atoms with Crippen LogP contribution in [0.3, 0.4) is 0 Å². The minimum absolute atomic E-state index is 0.130. The second-order valence-corrected chi connectivity index (χ2v) is 8.10. The number of carbonyl (C=O) groups is 1. The minimum atomic E-state index is -1.26. The first-order chi connectivity index (χ1) is 9.33. The molecule has 0 aliphatic carbocycles. The molecule has 124 valence electrons. The molecule has 1 aliphatic rings. The summed E-state index contributed by atoms with van der Waals surface area (Å²) in [6.45, 7) is 10.7. The normalized spacial score (nSPS) is 24.6. The molecule has 1 fully saturated rings. The zero-order chi connectivity index (χ0) is 16.6. The summed E-state index contributed by atoms with van der Waals surface area (Å²) in [7, 11) is 0. The fraction of sp³-hybridized carbons (Fsp3) is 0.933. The summed E-state index contributed by atoms with van der Waals surface area (Å²) >= 11 is 0. The maximum atomic E-state index is 12.2. The third kappa shape index (κ3) is 3.94. The first-order valence-electron chi connectivity index (χ1n) is 7.42. The van der Waals surface area contributed by atoms with Crippen molar-refractivity contribution in [2.75, 3.05) is 6.61 Å². The summed E-state index contributed by atoms with van der Waals surface area (Å²) in [6.07, 6.45) is -0.0866. The van der Waals surface area contributed by atoms with Crippen molar-refractivity contribution in [2.24, 2.45) is 5.41 Å². The van der Waals surface area contributed by atoms with Crippen molar-refractivity contribution in [3.8, 4) is 0 Å². The topological polar surface area (TPSA) is 93.0 Å². The first-order valence-corrected chi connectivity index (χ1v) is 7.42. The molecule has 1 amide bonds. The molecule has 0 aromatic rings. The molecule has 1 heterocycles. The van der Waals surface area contributed by atoms with Crippen LogP contribution < -0.4 is 5.32 Å². The fourth-order valence-electron chi connectivity index (χ4n) is 3.09. The molecule has 0 bridgehead atoms. The van der Waals surface area contributed by atoms with E-state index in [4.69, 9.17) is 0 Å². The van der Waals surface area contributed by atoms with E-state index < -0.39 is 28.5 Å². The summed E-state index contributed by atoms with van der Waals surface area (Å²) in [5.41, 5.74) is -1.80. The van der Waals surface area contributed by atoms with Crippen molar-refractivity contribution in [3.63, 3.8) is 0 Å². The summed E-state index contributed by atoms with van der Waals surface area (Å²) in [6, 6.07) is -0.130. The molecule has 4 N–H and O–H groups in total. The smallest absolute Gasteiger partial charge is 0.249 e. The number of nitrogens with one attached hydrogen (secondary N) is 1. The van der Waals surface area contributed by atoms with Gasteiger partial charge < -0.3 is 20.7 Å². The van der Waals surface area contributed by atoms with Crippen LogP contribution in [0.1, 0.15) is 54.4 Å². The highest BCUT2D eigenvalue weighted by Crippen LogP contribution is 2.36. The second-order valence-electron chi connectivity index (χ2n) is 8.10. The molecule has 6 heteroatoms. The molecular formula is C15H30N2O4. The zero-order valence-electron chi connectivity index (χ0n) is 14.0. The van der Waals surface area contributed by atoms with Gasteiger partial charge in [-0.15, -0.1) is 0 Å². The lowest BCUT2D eigenvalue weighted by Gasteiger charge is -2.51.